The first-order valence-corrected chi connectivity index (χ1v) is 10.6. The summed E-state index contributed by atoms with van der Waals surface area (Å²) in [5.74, 6) is 0.492. The van der Waals surface area contributed by atoms with E-state index in [1.807, 2.05) is 35.7 Å². The summed E-state index contributed by atoms with van der Waals surface area (Å²) < 4.78 is 4.69. The quantitative estimate of drug-likeness (QED) is 0.316. The minimum Gasteiger partial charge on any atom is -0.465 e. The zero-order valence-electron chi connectivity index (χ0n) is 15.4. The van der Waals surface area contributed by atoms with Gasteiger partial charge in [-0.25, -0.2) is 9.78 Å². The van der Waals surface area contributed by atoms with Crippen molar-refractivity contribution in [1.29, 1.82) is 0 Å². The van der Waals surface area contributed by atoms with Crippen LogP contribution >= 0.6 is 23.1 Å². The molecule has 0 atom stereocenters. The van der Waals surface area contributed by atoms with Crippen LogP contribution in [0.1, 0.15) is 23.2 Å². The Morgan fingerprint density at radius 2 is 1.86 bits per heavy atom. The molecule has 0 spiro atoms. The van der Waals surface area contributed by atoms with E-state index in [0.29, 0.717) is 17.1 Å². The number of carbonyl (C=O) groups excluding carboxylic acids is 2. The lowest BCUT2D eigenvalue weighted by atomic mass is 10.1. The molecule has 0 fully saturated rings. The van der Waals surface area contributed by atoms with Gasteiger partial charge in [-0.2, -0.15) is 0 Å². The number of thioether (sulfide) groups is 1. The van der Waals surface area contributed by atoms with Gasteiger partial charge in [0.15, 0.2) is 5.13 Å². The predicted molar refractivity (Wildman–Crippen MR) is 114 cm³/mol. The molecule has 1 heterocycles. The number of esters is 1. The molecule has 0 aliphatic heterocycles. The lowest BCUT2D eigenvalue weighted by Gasteiger charge is -2.03. The highest BCUT2D eigenvalue weighted by Crippen LogP contribution is 2.25. The van der Waals surface area contributed by atoms with E-state index in [1.165, 1.54) is 23.3 Å². The van der Waals surface area contributed by atoms with E-state index in [1.54, 1.807) is 23.9 Å². The summed E-state index contributed by atoms with van der Waals surface area (Å²) in [6.07, 6.45) is 1.27. The second kappa shape index (κ2) is 10.1. The van der Waals surface area contributed by atoms with Crippen LogP contribution in [0.4, 0.5) is 5.13 Å². The van der Waals surface area contributed by atoms with Crippen molar-refractivity contribution in [3.63, 3.8) is 0 Å². The Hall–Kier alpha value is -2.64. The third-order valence-electron chi connectivity index (χ3n) is 3.91. The van der Waals surface area contributed by atoms with E-state index >= 15 is 0 Å². The monoisotopic (exact) mass is 412 g/mol. The zero-order valence-corrected chi connectivity index (χ0v) is 17.0. The van der Waals surface area contributed by atoms with Gasteiger partial charge in [0.05, 0.1) is 18.4 Å². The van der Waals surface area contributed by atoms with Gasteiger partial charge in [0.25, 0.3) is 0 Å². The number of hydrogen-bond acceptors (Lipinski definition) is 6. The highest BCUT2D eigenvalue weighted by molar-refractivity contribution is 7.99. The number of ether oxygens (including phenoxy) is 1. The highest BCUT2D eigenvalue weighted by Gasteiger charge is 2.10. The summed E-state index contributed by atoms with van der Waals surface area (Å²) in [4.78, 5) is 29.3. The van der Waals surface area contributed by atoms with Gasteiger partial charge in [0.2, 0.25) is 5.91 Å². The van der Waals surface area contributed by atoms with E-state index in [-0.39, 0.29) is 11.9 Å². The van der Waals surface area contributed by atoms with Crippen molar-refractivity contribution in [2.45, 2.75) is 17.7 Å². The molecule has 3 rings (SSSR count). The van der Waals surface area contributed by atoms with Crippen LogP contribution in [0.2, 0.25) is 0 Å². The van der Waals surface area contributed by atoms with Crippen molar-refractivity contribution < 1.29 is 14.3 Å². The molecule has 2 aromatic carbocycles. The van der Waals surface area contributed by atoms with Gasteiger partial charge in [0.1, 0.15) is 0 Å². The average molecular weight is 413 g/mol. The third-order valence-corrected chi connectivity index (χ3v) is 5.77. The van der Waals surface area contributed by atoms with Gasteiger partial charge in [0, 0.05) is 22.3 Å². The Balaban J connectivity index is 1.47. The number of hydrogen-bond donors (Lipinski definition) is 1. The normalized spacial score (nSPS) is 10.5. The molecule has 1 N–H and O–H groups in total. The number of aromatic nitrogens is 1. The fraction of sp³-hybridized carbons (Fsp3) is 0.190. The molecule has 144 valence electrons. The van der Waals surface area contributed by atoms with Crippen LogP contribution in [-0.4, -0.2) is 29.7 Å². The molecule has 28 heavy (non-hydrogen) atoms. The predicted octanol–water partition coefficient (Wildman–Crippen LogP) is 5.11. The fourth-order valence-corrected chi connectivity index (χ4v) is 4.09. The molecule has 7 heteroatoms. The van der Waals surface area contributed by atoms with E-state index < -0.39 is 0 Å². The minimum atomic E-state index is -0.372. The van der Waals surface area contributed by atoms with E-state index in [0.717, 1.165) is 23.4 Å². The Kier molecular flexibility index (Phi) is 7.22. The standard InChI is InChI=1S/C21H20N2O3S2/c1-26-20(25)16-11-9-15(10-12-16)18-14-28-21(22-18)23-19(24)8-5-13-27-17-6-3-2-4-7-17/h2-4,6-7,9-12,14H,5,8,13H2,1H3,(H,22,23,24). The summed E-state index contributed by atoms with van der Waals surface area (Å²) in [6.45, 7) is 0. The van der Waals surface area contributed by atoms with Crippen LogP contribution in [0.15, 0.2) is 64.9 Å². The van der Waals surface area contributed by atoms with Gasteiger partial charge in [-0.3, -0.25) is 4.79 Å². The van der Waals surface area contributed by atoms with Crippen molar-refractivity contribution in [3.8, 4) is 11.3 Å². The second-order valence-corrected chi connectivity index (χ2v) is 7.95. The minimum absolute atomic E-state index is 0.0319. The molecule has 0 bridgehead atoms. The highest BCUT2D eigenvalue weighted by atomic mass is 32.2. The lowest BCUT2D eigenvalue weighted by molar-refractivity contribution is -0.116. The molecule has 5 nitrogen and oxygen atoms in total. The van der Waals surface area contributed by atoms with Crippen LogP contribution < -0.4 is 5.32 Å². The van der Waals surface area contributed by atoms with Crippen LogP contribution in [0, 0.1) is 0 Å². The van der Waals surface area contributed by atoms with Crippen molar-refractivity contribution >= 4 is 40.1 Å². The largest absolute Gasteiger partial charge is 0.465 e. The number of nitrogens with one attached hydrogen (secondary N) is 1. The van der Waals surface area contributed by atoms with Gasteiger partial charge in [-0.1, -0.05) is 30.3 Å². The molecule has 3 aromatic rings. The molecular formula is C21H20N2O3S2. The maximum absolute atomic E-state index is 12.1. The van der Waals surface area contributed by atoms with E-state index in [4.69, 9.17) is 4.74 Å². The van der Waals surface area contributed by atoms with Crippen LogP contribution in [-0.2, 0) is 9.53 Å². The summed E-state index contributed by atoms with van der Waals surface area (Å²) in [5, 5.41) is 5.31. The maximum atomic E-state index is 12.1. The molecule has 0 unspecified atom stereocenters. The molecule has 0 saturated heterocycles. The zero-order chi connectivity index (χ0) is 19.8. The smallest absolute Gasteiger partial charge is 0.337 e. The number of thiazole rings is 1. The number of methoxy groups -OCH3 is 1. The van der Waals surface area contributed by atoms with E-state index in [2.05, 4.69) is 22.4 Å². The van der Waals surface area contributed by atoms with Gasteiger partial charge in [-0.05, 0) is 36.4 Å². The van der Waals surface area contributed by atoms with Gasteiger partial charge < -0.3 is 10.1 Å². The van der Waals surface area contributed by atoms with Gasteiger partial charge >= 0.3 is 5.97 Å². The van der Waals surface area contributed by atoms with Crippen molar-refractivity contribution in [1.82, 2.24) is 4.98 Å². The SMILES string of the molecule is COC(=O)c1ccc(-c2csc(NC(=O)CCCSc3ccccc3)n2)cc1. The van der Waals surface area contributed by atoms with Crippen molar-refractivity contribution in [3.05, 3.63) is 65.5 Å². The number of benzene rings is 2. The summed E-state index contributed by atoms with van der Waals surface area (Å²) in [6, 6.07) is 17.2. The van der Waals surface area contributed by atoms with Crippen LogP contribution in [0.25, 0.3) is 11.3 Å². The fourth-order valence-electron chi connectivity index (χ4n) is 2.48. The number of anilines is 1. The number of amides is 1. The average Bonchev–Trinajstić information content (AvgIpc) is 3.20. The molecule has 1 amide bonds. The summed E-state index contributed by atoms with van der Waals surface area (Å²) in [7, 11) is 1.35. The Morgan fingerprint density at radius 3 is 2.57 bits per heavy atom. The van der Waals surface area contributed by atoms with E-state index in [9.17, 15) is 9.59 Å². The van der Waals surface area contributed by atoms with Gasteiger partial charge in [-0.15, -0.1) is 23.1 Å². The Morgan fingerprint density at radius 1 is 1.11 bits per heavy atom. The molecular weight excluding hydrogens is 392 g/mol. The van der Waals surface area contributed by atoms with Crippen LogP contribution in [0.5, 0.6) is 0 Å². The summed E-state index contributed by atoms with van der Waals surface area (Å²) in [5.41, 5.74) is 2.13. The summed E-state index contributed by atoms with van der Waals surface area (Å²) >= 11 is 3.13. The first kappa shape index (κ1) is 20.1. The van der Waals surface area contributed by atoms with Crippen LogP contribution in [0.3, 0.4) is 0 Å². The maximum Gasteiger partial charge on any atom is 0.337 e. The molecule has 0 saturated carbocycles. The first-order chi connectivity index (χ1) is 13.7. The molecule has 0 radical (unpaired) electrons. The Labute approximate surface area is 172 Å². The number of nitrogens with zero attached hydrogens (tertiary/aromatic N) is 1. The number of carbonyl (C=O) groups is 2. The lowest BCUT2D eigenvalue weighted by Crippen LogP contribution is -2.11. The Bertz CT molecular complexity index is 924. The topological polar surface area (TPSA) is 68.3 Å². The second-order valence-electron chi connectivity index (χ2n) is 5.92. The molecule has 1 aromatic heterocycles. The first-order valence-electron chi connectivity index (χ1n) is 8.77. The number of rotatable bonds is 8. The van der Waals surface area contributed by atoms with Crippen molar-refractivity contribution in [2.75, 3.05) is 18.2 Å². The van der Waals surface area contributed by atoms with Crippen molar-refractivity contribution in [2.24, 2.45) is 0 Å². The third kappa shape index (κ3) is 5.68. The molecule has 0 aliphatic carbocycles. The molecule has 0 aliphatic rings.